The molecule has 0 aliphatic carbocycles. The third-order valence-corrected chi connectivity index (χ3v) is 1.40. The van der Waals surface area contributed by atoms with Crippen molar-refractivity contribution in [1.82, 2.24) is 4.98 Å². The second-order valence-electron chi connectivity index (χ2n) is 2.25. The zero-order valence-electron chi connectivity index (χ0n) is 7.13. The molecule has 1 aromatic heterocycles. The van der Waals surface area contributed by atoms with Crippen LogP contribution < -0.4 is 0 Å². The first-order valence-corrected chi connectivity index (χ1v) is 3.64. The van der Waals surface area contributed by atoms with Gasteiger partial charge in [0.25, 0.3) is 0 Å². The molecule has 13 heavy (non-hydrogen) atoms. The monoisotopic (exact) mass is 179 g/mol. The first kappa shape index (κ1) is 9.36. The van der Waals surface area contributed by atoms with E-state index in [-0.39, 0.29) is 6.61 Å². The molecule has 0 unspecified atom stereocenters. The van der Waals surface area contributed by atoms with Gasteiger partial charge in [-0.1, -0.05) is 11.8 Å². The zero-order chi connectivity index (χ0) is 9.68. The van der Waals surface area contributed by atoms with Crippen molar-refractivity contribution in [3.05, 3.63) is 23.5 Å². The van der Waals surface area contributed by atoms with E-state index in [1.165, 1.54) is 7.11 Å². The summed E-state index contributed by atoms with van der Waals surface area (Å²) in [4.78, 5) is 13.7. The van der Waals surface area contributed by atoms with Gasteiger partial charge in [-0.3, -0.25) is 0 Å². The van der Waals surface area contributed by atoms with Gasteiger partial charge in [0, 0.05) is 11.8 Å². The molecule has 0 radical (unpaired) electrons. The Hall–Kier alpha value is -1.73. The van der Waals surface area contributed by atoms with Gasteiger partial charge in [0.05, 0.1) is 7.11 Å². The van der Waals surface area contributed by atoms with E-state index in [4.69, 9.17) is 5.11 Å². The van der Waals surface area contributed by atoms with Gasteiger partial charge in [-0.15, -0.1) is 0 Å². The van der Waals surface area contributed by atoms with Crippen LogP contribution in [0.3, 0.4) is 0 Å². The number of aromatic amines is 1. The lowest BCUT2D eigenvalue weighted by molar-refractivity contribution is 0.0595. The summed E-state index contributed by atoms with van der Waals surface area (Å²) >= 11 is 0. The SMILES string of the molecule is COC(=O)c1cc(C#CCO)c[nH]1. The molecule has 4 heteroatoms. The fraction of sp³-hybridized carbons (Fsp3) is 0.222. The number of esters is 1. The number of rotatable bonds is 1. The van der Waals surface area contributed by atoms with Crippen LogP contribution in [0.25, 0.3) is 0 Å². The highest BCUT2D eigenvalue weighted by molar-refractivity contribution is 5.87. The van der Waals surface area contributed by atoms with E-state index < -0.39 is 5.97 Å². The highest BCUT2D eigenvalue weighted by Crippen LogP contribution is 2.02. The summed E-state index contributed by atoms with van der Waals surface area (Å²) in [5.41, 5.74) is 0.999. The van der Waals surface area contributed by atoms with Crippen molar-refractivity contribution in [2.24, 2.45) is 0 Å². The molecule has 2 N–H and O–H groups in total. The molecule has 0 aliphatic heterocycles. The minimum Gasteiger partial charge on any atom is -0.464 e. The van der Waals surface area contributed by atoms with E-state index >= 15 is 0 Å². The third-order valence-electron chi connectivity index (χ3n) is 1.40. The van der Waals surface area contributed by atoms with E-state index in [0.717, 1.165) is 0 Å². The highest BCUT2D eigenvalue weighted by atomic mass is 16.5. The average Bonchev–Trinajstić information content (AvgIpc) is 2.62. The Labute approximate surface area is 75.5 Å². The number of aliphatic hydroxyl groups excluding tert-OH is 1. The van der Waals surface area contributed by atoms with Crippen LogP contribution in [0.15, 0.2) is 12.3 Å². The van der Waals surface area contributed by atoms with E-state index in [1.54, 1.807) is 12.3 Å². The normalized spacial score (nSPS) is 8.77. The fourth-order valence-corrected chi connectivity index (χ4v) is 0.836. The molecular formula is C9H9NO3. The number of carbonyl (C=O) groups is 1. The van der Waals surface area contributed by atoms with E-state index in [9.17, 15) is 4.79 Å². The third kappa shape index (κ3) is 2.36. The van der Waals surface area contributed by atoms with Crippen LogP contribution in [-0.2, 0) is 4.74 Å². The van der Waals surface area contributed by atoms with Crippen LogP contribution in [0.2, 0.25) is 0 Å². The van der Waals surface area contributed by atoms with Crippen LogP contribution >= 0.6 is 0 Å². The molecule has 1 heterocycles. The number of H-pyrrole nitrogens is 1. The van der Waals surface area contributed by atoms with Crippen molar-refractivity contribution < 1.29 is 14.6 Å². The van der Waals surface area contributed by atoms with Gasteiger partial charge in [-0.05, 0) is 6.07 Å². The quantitative estimate of drug-likeness (QED) is 0.476. The molecule has 0 saturated heterocycles. The van der Waals surface area contributed by atoms with Crippen molar-refractivity contribution in [3.8, 4) is 11.8 Å². The maximum atomic E-state index is 10.9. The first-order chi connectivity index (χ1) is 6.27. The summed E-state index contributed by atoms with van der Waals surface area (Å²) in [6, 6.07) is 1.56. The van der Waals surface area contributed by atoms with Gasteiger partial charge in [0.15, 0.2) is 0 Å². The van der Waals surface area contributed by atoms with E-state index in [1.807, 2.05) is 0 Å². The molecule has 68 valence electrons. The predicted octanol–water partition coefficient (Wildman–Crippen LogP) is 0.145. The number of carbonyl (C=O) groups excluding carboxylic acids is 1. The van der Waals surface area contributed by atoms with Gasteiger partial charge in [0.1, 0.15) is 12.3 Å². The minimum atomic E-state index is -0.433. The fourth-order valence-electron chi connectivity index (χ4n) is 0.836. The number of ether oxygens (including phenoxy) is 1. The van der Waals surface area contributed by atoms with Gasteiger partial charge in [-0.25, -0.2) is 4.79 Å². The lowest BCUT2D eigenvalue weighted by Gasteiger charge is -1.91. The summed E-state index contributed by atoms with van der Waals surface area (Å²) in [6.07, 6.45) is 1.58. The van der Waals surface area contributed by atoms with E-state index in [2.05, 4.69) is 21.6 Å². The Morgan fingerprint density at radius 1 is 1.77 bits per heavy atom. The van der Waals surface area contributed by atoms with Gasteiger partial charge in [0.2, 0.25) is 0 Å². The molecule has 1 rings (SSSR count). The Kier molecular flexibility index (Phi) is 3.12. The summed E-state index contributed by atoms with van der Waals surface area (Å²) in [5, 5.41) is 8.41. The number of hydrogen-bond donors (Lipinski definition) is 2. The van der Waals surface area contributed by atoms with Crippen molar-refractivity contribution in [2.45, 2.75) is 0 Å². The molecule has 0 bridgehead atoms. The molecule has 0 spiro atoms. The number of methoxy groups -OCH3 is 1. The smallest absolute Gasteiger partial charge is 0.354 e. The highest BCUT2D eigenvalue weighted by Gasteiger charge is 2.06. The van der Waals surface area contributed by atoms with Gasteiger partial charge < -0.3 is 14.8 Å². The van der Waals surface area contributed by atoms with Crippen LogP contribution in [-0.4, -0.2) is 29.8 Å². The number of aliphatic hydroxyl groups is 1. The Morgan fingerprint density at radius 3 is 3.15 bits per heavy atom. The first-order valence-electron chi connectivity index (χ1n) is 3.64. The summed E-state index contributed by atoms with van der Waals surface area (Å²) in [7, 11) is 1.31. The predicted molar refractivity (Wildman–Crippen MR) is 46.1 cm³/mol. The number of aromatic nitrogens is 1. The summed E-state index contributed by atoms with van der Waals surface area (Å²) in [6.45, 7) is -0.196. The Balaban J connectivity index is 2.80. The van der Waals surface area contributed by atoms with Gasteiger partial charge >= 0.3 is 5.97 Å². The van der Waals surface area contributed by atoms with Crippen molar-refractivity contribution in [2.75, 3.05) is 13.7 Å². The Morgan fingerprint density at radius 2 is 2.54 bits per heavy atom. The zero-order valence-corrected chi connectivity index (χ0v) is 7.13. The molecule has 0 atom stereocenters. The minimum absolute atomic E-state index is 0.196. The molecular weight excluding hydrogens is 170 g/mol. The summed E-state index contributed by atoms with van der Waals surface area (Å²) < 4.78 is 4.49. The largest absolute Gasteiger partial charge is 0.464 e. The van der Waals surface area contributed by atoms with Crippen molar-refractivity contribution in [3.63, 3.8) is 0 Å². The molecule has 0 fully saturated rings. The van der Waals surface area contributed by atoms with E-state index in [0.29, 0.717) is 11.3 Å². The number of nitrogens with one attached hydrogen (secondary N) is 1. The van der Waals surface area contributed by atoms with Crippen LogP contribution in [0.4, 0.5) is 0 Å². The maximum absolute atomic E-state index is 10.9. The molecule has 1 aromatic rings. The lowest BCUT2D eigenvalue weighted by atomic mass is 10.3. The topological polar surface area (TPSA) is 62.3 Å². The van der Waals surface area contributed by atoms with Crippen molar-refractivity contribution >= 4 is 5.97 Å². The summed E-state index contributed by atoms with van der Waals surface area (Å²) in [5.74, 6) is 4.69. The second-order valence-corrected chi connectivity index (χ2v) is 2.25. The van der Waals surface area contributed by atoms with Crippen molar-refractivity contribution in [1.29, 1.82) is 0 Å². The molecule has 0 aliphatic rings. The standard InChI is InChI=1S/C9H9NO3/c1-13-9(12)8-5-7(6-10-8)3-2-4-11/h5-6,10-11H,4H2,1H3. The molecule has 0 aromatic carbocycles. The lowest BCUT2D eigenvalue weighted by Crippen LogP contribution is -2.00. The van der Waals surface area contributed by atoms with Crippen LogP contribution in [0.5, 0.6) is 0 Å². The van der Waals surface area contributed by atoms with Crippen LogP contribution in [0.1, 0.15) is 16.1 Å². The maximum Gasteiger partial charge on any atom is 0.354 e. The number of hydrogen-bond acceptors (Lipinski definition) is 3. The Bertz CT molecular complexity index is 356. The molecule has 0 amide bonds. The van der Waals surface area contributed by atoms with Crippen LogP contribution in [0, 0.1) is 11.8 Å². The molecule has 4 nitrogen and oxygen atoms in total. The second kappa shape index (κ2) is 4.33. The van der Waals surface area contributed by atoms with Gasteiger partial charge in [-0.2, -0.15) is 0 Å². The molecule has 0 saturated carbocycles. The average molecular weight is 179 g/mol.